The molecule has 0 radical (unpaired) electrons. The van der Waals surface area contributed by atoms with E-state index in [1.807, 2.05) is 39.9 Å². The Kier molecular flexibility index (Phi) is 4.63. The first-order valence-electron chi connectivity index (χ1n) is 8.42. The van der Waals surface area contributed by atoms with Crippen molar-refractivity contribution >= 4 is 17.2 Å². The number of carbonyl (C=O) groups excluding carboxylic acids is 1. The molecular weight excluding hydrogens is 332 g/mol. The molecule has 1 saturated heterocycles. The average Bonchev–Trinajstić information content (AvgIpc) is 3.36. The van der Waals surface area contributed by atoms with Gasteiger partial charge in [-0.3, -0.25) is 9.69 Å². The first kappa shape index (κ1) is 16.1. The van der Waals surface area contributed by atoms with Gasteiger partial charge >= 0.3 is 0 Å². The van der Waals surface area contributed by atoms with Crippen molar-refractivity contribution in [1.82, 2.24) is 19.4 Å². The summed E-state index contributed by atoms with van der Waals surface area (Å²) in [6, 6.07) is 12.0. The summed E-state index contributed by atoms with van der Waals surface area (Å²) >= 11 is 1.79. The molecule has 1 aromatic carbocycles. The fourth-order valence-corrected chi connectivity index (χ4v) is 3.85. The molecule has 1 aliphatic heterocycles. The van der Waals surface area contributed by atoms with Gasteiger partial charge in [-0.1, -0.05) is 6.07 Å². The van der Waals surface area contributed by atoms with E-state index in [0.29, 0.717) is 0 Å². The van der Waals surface area contributed by atoms with Crippen LogP contribution >= 0.6 is 11.3 Å². The summed E-state index contributed by atoms with van der Waals surface area (Å²) in [6.07, 6.45) is 5.39. The van der Waals surface area contributed by atoms with E-state index in [2.05, 4.69) is 27.4 Å². The Morgan fingerprint density at radius 1 is 1.08 bits per heavy atom. The van der Waals surface area contributed by atoms with Crippen molar-refractivity contribution in [2.75, 3.05) is 26.2 Å². The van der Waals surface area contributed by atoms with Crippen LogP contribution in [0.1, 0.15) is 15.2 Å². The molecule has 5 nitrogen and oxygen atoms in total. The van der Waals surface area contributed by atoms with Crippen LogP contribution < -0.4 is 0 Å². The third kappa shape index (κ3) is 3.65. The highest BCUT2D eigenvalue weighted by Gasteiger charge is 2.22. The standard InChI is InChI=1S/C19H20N4OS/c24-19(16-3-5-17(6-4-16)23-8-7-20-15-23)22-11-9-21(10-12-22)14-18-2-1-13-25-18/h1-8,13,15H,9-12,14H2. The summed E-state index contributed by atoms with van der Waals surface area (Å²) in [5, 5.41) is 2.11. The second-order valence-corrected chi connectivity index (χ2v) is 7.20. The van der Waals surface area contributed by atoms with Crippen molar-refractivity contribution in [2.45, 2.75) is 6.54 Å². The van der Waals surface area contributed by atoms with Gasteiger partial charge in [-0.15, -0.1) is 11.3 Å². The largest absolute Gasteiger partial charge is 0.336 e. The van der Waals surface area contributed by atoms with Gasteiger partial charge in [-0.05, 0) is 35.7 Å². The van der Waals surface area contributed by atoms with E-state index in [0.717, 1.165) is 44.0 Å². The molecule has 0 saturated carbocycles. The summed E-state index contributed by atoms with van der Waals surface area (Å²) < 4.78 is 1.93. The predicted molar refractivity (Wildman–Crippen MR) is 99.1 cm³/mol. The molecular formula is C19H20N4OS. The lowest BCUT2D eigenvalue weighted by molar-refractivity contribution is 0.0629. The first-order chi connectivity index (χ1) is 12.3. The van der Waals surface area contributed by atoms with Crippen LogP contribution in [0.25, 0.3) is 5.69 Å². The number of rotatable bonds is 4. The Bertz CT molecular complexity index is 804. The zero-order valence-electron chi connectivity index (χ0n) is 13.9. The molecule has 25 heavy (non-hydrogen) atoms. The zero-order chi connectivity index (χ0) is 17.1. The molecule has 128 valence electrons. The maximum absolute atomic E-state index is 12.7. The minimum absolute atomic E-state index is 0.118. The molecule has 6 heteroatoms. The monoisotopic (exact) mass is 352 g/mol. The van der Waals surface area contributed by atoms with E-state index in [4.69, 9.17) is 0 Å². The SMILES string of the molecule is O=C(c1ccc(-n2ccnc2)cc1)N1CCN(Cc2cccs2)CC1. The molecule has 1 aliphatic rings. The predicted octanol–water partition coefficient (Wildman–Crippen LogP) is 2.89. The molecule has 0 spiro atoms. The van der Waals surface area contributed by atoms with Crippen molar-refractivity contribution in [3.63, 3.8) is 0 Å². The van der Waals surface area contributed by atoms with Crippen LogP contribution in [0.5, 0.6) is 0 Å². The Balaban J connectivity index is 1.35. The fourth-order valence-electron chi connectivity index (χ4n) is 3.10. The molecule has 1 amide bonds. The molecule has 0 atom stereocenters. The van der Waals surface area contributed by atoms with Gasteiger partial charge in [0.2, 0.25) is 0 Å². The fraction of sp³-hybridized carbons (Fsp3) is 0.263. The van der Waals surface area contributed by atoms with Crippen LogP contribution in [-0.2, 0) is 6.54 Å². The van der Waals surface area contributed by atoms with Crippen LogP contribution in [0, 0.1) is 0 Å². The van der Waals surface area contributed by atoms with Gasteiger partial charge in [0.1, 0.15) is 0 Å². The van der Waals surface area contributed by atoms with Crippen molar-refractivity contribution in [2.24, 2.45) is 0 Å². The summed E-state index contributed by atoms with van der Waals surface area (Å²) in [5.41, 5.74) is 1.75. The highest BCUT2D eigenvalue weighted by atomic mass is 32.1. The summed E-state index contributed by atoms with van der Waals surface area (Å²) in [5.74, 6) is 0.118. The molecule has 0 bridgehead atoms. The van der Waals surface area contributed by atoms with Crippen molar-refractivity contribution in [3.05, 3.63) is 70.9 Å². The van der Waals surface area contributed by atoms with Gasteiger partial charge in [0.15, 0.2) is 0 Å². The van der Waals surface area contributed by atoms with Gasteiger partial charge in [0, 0.05) is 61.2 Å². The Labute approximate surface area is 151 Å². The maximum atomic E-state index is 12.7. The zero-order valence-corrected chi connectivity index (χ0v) is 14.7. The minimum atomic E-state index is 0.118. The maximum Gasteiger partial charge on any atom is 0.253 e. The van der Waals surface area contributed by atoms with E-state index in [9.17, 15) is 4.79 Å². The van der Waals surface area contributed by atoms with Crippen LogP contribution in [0.2, 0.25) is 0 Å². The normalized spacial score (nSPS) is 15.4. The molecule has 4 rings (SSSR count). The highest BCUT2D eigenvalue weighted by Crippen LogP contribution is 2.16. The summed E-state index contributed by atoms with van der Waals surface area (Å²) in [6.45, 7) is 4.41. The number of amides is 1. The number of benzene rings is 1. The molecule has 1 fully saturated rings. The van der Waals surface area contributed by atoms with Crippen LogP contribution in [-0.4, -0.2) is 51.4 Å². The lowest BCUT2D eigenvalue weighted by Crippen LogP contribution is -2.48. The van der Waals surface area contributed by atoms with Gasteiger partial charge in [0.25, 0.3) is 5.91 Å². The third-order valence-electron chi connectivity index (χ3n) is 4.54. The quantitative estimate of drug-likeness (QED) is 0.725. The topological polar surface area (TPSA) is 41.4 Å². The number of hydrogen-bond donors (Lipinski definition) is 0. The third-order valence-corrected chi connectivity index (χ3v) is 5.40. The Morgan fingerprint density at radius 3 is 2.52 bits per heavy atom. The lowest BCUT2D eigenvalue weighted by Gasteiger charge is -2.34. The second kappa shape index (κ2) is 7.21. The molecule has 0 unspecified atom stereocenters. The van der Waals surface area contributed by atoms with E-state index in [1.165, 1.54) is 4.88 Å². The number of piperazine rings is 1. The van der Waals surface area contributed by atoms with Gasteiger partial charge in [-0.2, -0.15) is 0 Å². The number of carbonyl (C=O) groups is 1. The number of imidazole rings is 1. The lowest BCUT2D eigenvalue weighted by atomic mass is 10.1. The van der Waals surface area contributed by atoms with Gasteiger partial charge < -0.3 is 9.47 Å². The Morgan fingerprint density at radius 2 is 1.88 bits per heavy atom. The average molecular weight is 352 g/mol. The van der Waals surface area contributed by atoms with Crippen molar-refractivity contribution in [1.29, 1.82) is 0 Å². The van der Waals surface area contributed by atoms with E-state index in [1.54, 1.807) is 23.9 Å². The molecule has 0 N–H and O–H groups in total. The first-order valence-corrected chi connectivity index (χ1v) is 9.30. The van der Waals surface area contributed by atoms with Crippen molar-refractivity contribution in [3.8, 4) is 5.69 Å². The summed E-state index contributed by atoms with van der Waals surface area (Å²) in [4.78, 5) is 22.5. The number of hydrogen-bond acceptors (Lipinski definition) is 4. The molecule has 0 aliphatic carbocycles. The molecule has 3 aromatic rings. The van der Waals surface area contributed by atoms with Crippen molar-refractivity contribution < 1.29 is 4.79 Å². The summed E-state index contributed by atoms with van der Waals surface area (Å²) in [7, 11) is 0. The second-order valence-electron chi connectivity index (χ2n) is 6.16. The van der Waals surface area contributed by atoms with Crippen LogP contribution in [0.4, 0.5) is 0 Å². The number of thiophene rings is 1. The number of nitrogens with zero attached hydrogens (tertiary/aromatic N) is 4. The highest BCUT2D eigenvalue weighted by molar-refractivity contribution is 7.09. The Hall–Kier alpha value is -2.44. The minimum Gasteiger partial charge on any atom is -0.336 e. The van der Waals surface area contributed by atoms with Crippen LogP contribution in [0.3, 0.4) is 0 Å². The molecule has 2 aromatic heterocycles. The van der Waals surface area contributed by atoms with E-state index in [-0.39, 0.29) is 5.91 Å². The van der Waals surface area contributed by atoms with E-state index >= 15 is 0 Å². The molecule has 3 heterocycles. The van der Waals surface area contributed by atoms with E-state index < -0.39 is 0 Å². The van der Waals surface area contributed by atoms with Gasteiger partial charge in [-0.25, -0.2) is 4.98 Å². The number of aromatic nitrogens is 2. The van der Waals surface area contributed by atoms with Crippen LogP contribution in [0.15, 0.2) is 60.5 Å². The van der Waals surface area contributed by atoms with Gasteiger partial charge in [0.05, 0.1) is 6.33 Å². The smallest absolute Gasteiger partial charge is 0.253 e.